The van der Waals surface area contributed by atoms with Gasteiger partial charge in [0.15, 0.2) is 8.32 Å². The zero-order valence-corrected chi connectivity index (χ0v) is 24.8. The van der Waals surface area contributed by atoms with Crippen molar-refractivity contribution in [3.8, 4) is 0 Å². The van der Waals surface area contributed by atoms with E-state index in [1.807, 2.05) is 0 Å². The zero-order valence-electron chi connectivity index (χ0n) is 19.8. The van der Waals surface area contributed by atoms with Gasteiger partial charge in [0.05, 0.1) is 0 Å². The average molecular weight is 565 g/mol. The van der Waals surface area contributed by atoms with Gasteiger partial charge < -0.3 is 29.2 Å². The van der Waals surface area contributed by atoms with E-state index in [4.69, 9.17) is 4.43 Å². The number of rotatable bonds is 5. The fourth-order valence-corrected chi connectivity index (χ4v) is 3.90. The maximum absolute atomic E-state index is 5.77. The molecule has 0 radical (unpaired) electrons. The standard InChI is InChI=1S/C13H9.C11H19OSi.C3H6.2ClH.Zr/c1-3-7-12-10(5-1)9-11-6-2-4-8-13(11)12;1-13(2,3)12-10-6-9-11-7-4-5-8-11;1-3-2;;;/h1-9H;4-5,7-8H,6,9-10H2,1-3H3;1-2H3;2*1H;/q2*-1;;;;+2/p-2. The molecule has 0 fully saturated rings. The van der Waals surface area contributed by atoms with E-state index in [2.05, 4.69) is 112 Å². The van der Waals surface area contributed by atoms with Gasteiger partial charge in [0.2, 0.25) is 0 Å². The maximum atomic E-state index is 5.77. The molecule has 1 nitrogen and oxygen atoms in total. The van der Waals surface area contributed by atoms with Crippen LogP contribution in [0.4, 0.5) is 0 Å². The molecule has 0 amide bonds. The summed E-state index contributed by atoms with van der Waals surface area (Å²) >= 11 is 1.55. The van der Waals surface area contributed by atoms with Crippen molar-refractivity contribution in [3.63, 3.8) is 0 Å². The van der Waals surface area contributed by atoms with E-state index in [0.29, 0.717) is 0 Å². The molecule has 0 aliphatic carbocycles. The fraction of sp³-hybridized carbons (Fsp3) is 0.296. The molecule has 0 aromatic heterocycles. The Hall–Kier alpha value is -0.830. The third-order valence-corrected chi connectivity index (χ3v) is 5.47. The predicted molar refractivity (Wildman–Crippen MR) is 133 cm³/mol. The normalized spacial score (nSPS) is 10.2. The molecule has 0 atom stereocenters. The Morgan fingerprint density at radius 2 is 1.28 bits per heavy atom. The van der Waals surface area contributed by atoms with E-state index in [9.17, 15) is 0 Å². The van der Waals surface area contributed by atoms with Crippen LogP contribution in [-0.4, -0.2) is 18.1 Å². The van der Waals surface area contributed by atoms with Crippen LogP contribution in [0.15, 0.2) is 78.9 Å². The summed E-state index contributed by atoms with van der Waals surface area (Å²) in [6, 6.07) is 27.8. The van der Waals surface area contributed by atoms with Crippen molar-refractivity contribution in [2.24, 2.45) is 0 Å². The van der Waals surface area contributed by atoms with Crippen molar-refractivity contribution in [1.82, 2.24) is 0 Å². The quantitative estimate of drug-likeness (QED) is 0.204. The first kappa shape index (κ1) is 31.2. The van der Waals surface area contributed by atoms with Crippen LogP contribution in [0.3, 0.4) is 0 Å². The van der Waals surface area contributed by atoms with Gasteiger partial charge in [0.1, 0.15) is 0 Å². The van der Waals surface area contributed by atoms with Gasteiger partial charge in [-0.15, -0.1) is 39.7 Å². The maximum Gasteiger partial charge on any atom is 0.183 e. The largest absolute Gasteiger partial charge is 1.00 e. The van der Waals surface area contributed by atoms with Gasteiger partial charge in [0, 0.05) is 6.61 Å². The van der Waals surface area contributed by atoms with Crippen LogP contribution in [0.1, 0.15) is 25.8 Å². The van der Waals surface area contributed by atoms with Gasteiger partial charge in [-0.1, -0.05) is 42.8 Å². The molecule has 0 heterocycles. The molecule has 0 saturated carbocycles. The molecule has 4 rings (SSSR count). The van der Waals surface area contributed by atoms with Gasteiger partial charge in [-0.3, -0.25) is 0 Å². The Labute approximate surface area is 222 Å². The molecule has 0 aliphatic rings. The predicted octanol–water partition coefficient (Wildman–Crippen LogP) is 1.65. The Morgan fingerprint density at radius 3 is 1.72 bits per heavy atom. The topological polar surface area (TPSA) is 9.23 Å². The first-order valence-electron chi connectivity index (χ1n) is 10.7. The SMILES string of the molecule is C[C](C)=[Zr+2].C[Si](C)(C)OCCC[c-]1cccc1.[Cl-].[Cl-].c1ccc2c(c1)[cH-]c1ccccc12. The van der Waals surface area contributed by atoms with E-state index in [0.717, 1.165) is 19.4 Å². The first-order valence-corrected chi connectivity index (χ1v) is 15.3. The van der Waals surface area contributed by atoms with E-state index in [-0.39, 0.29) is 24.8 Å². The summed E-state index contributed by atoms with van der Waals surface area (Å²) in [5.74, 6) is 0. The number of halogens is 2. The van der Waals surface area contributed by atoms with Crippen molar-refractivity contribution in [2.45, 2.75) is 46.3 Å². The summed E-state index contributed by atoms with van der Waals surface area (Å²) in [5.41, 5.74) is 1.43. The molecule has 0 saturated heterocycles. The van der Waals surface area contributed by atoms with Crippen LogP contribution >= 0.6 is 0 Å². The first-order chi connectivity index (χ1) is 14.3. The van der Waals surface area contributed by atoms with E-state index in [1.54, 1.807) is 24.2 Å². The van der Waals surface area contributed by atoms with E-state index < -0.39 is 8.32 Å². The van der Waals surface area contributed by atoms with Crippen LogP contribution in [-0.2, 0) is 35.1 Å². The van der Waals surface area contributed by atoms with Crippen LogP contribution in [0.2, 0.25) is 19.6 Å². The minimum Gasteiger partial charge on any atom is -1.00 e. The van der Waals surface area contributed by atoms with Gasteiger partial charge in [-0.05, 0) is 26.1 Å². The van der Waals surface area contributed by atoms with Crippen molar-refractivity contribution < 1.29 is 53.5 Å². The molecule has 0 unspecified atom stereocenters. The molecular weight excluding hydrogens is 531 g/mol. The summed E-state index contributed by atoms with van der Waals surface area (Å²) in [6.45, 7) is 11.9. The van der Waals surface area contributed by atoms with Crippen LogP contribution in [0, 0.1) is 0 Å². The molecule has 0 aliphatic heterocycles. The second-order valence-electron chi connectivity index (χ2n) is 8.68. The minimum atomic E-state index is -1.28. The smallest absolute Gasteiger partial charge is 0.183 e. The van der Waals surface area contributed by atoms with Gasteiger partial charge in [-0.25, -0.2) is 12.1 Å². The molecule has 0 bridgehead atoms. The number of benzene rings is 2. The summed E-state index contributed by atoms with van der Waals surface area (Å²) in [4.78, 5) is 0. The van der Waals surface area contributed by atoms with Gasteiger partial charge in [-0.2, -0.15) is 17.7 Å². The second-order valence-corrected chi connectivity index (χ2v) is 15.6. The summed E-state index contributed by atoms with van der Waals surface area (Å²) in [7, 11) is -1.28. The molecule has 32 heavy (non-hydrogen) atoms. The zero-order chi connectivity index (χ0) is 22.0. The molecule has 4 aromatic rings. The summed E-state index contributed by atoms with van der Waals surface area (Å²) in [5, 5.41) is 5.39. The molecule has 5 heteroatoms. The minimum absolute atomic E-state index is 0. The summed E-state index contributed by atoms with van der Waals surface area (Å²) in [6.07, 6.45) is 2.30. The third kappa shape index (κ3) is 11.9. The van der Waals surface area contributed by atoms with Crippen LogP contribution in [0.5, 0.6) is 0 Å². The third-order valence-electron chi connectivity index (χ3n) is 4.40. The van der Waals surface area contributed by atoms with E-state index >= 15 is 0 Å². The molecule has 172 valence electrons. The van der Waals surface area contributed by atoms with Gasteiger partial charge >= 0.3 is 41.3 Å². The fourth-order valence-electron chi connectivity index (χ4n) is 3.14. The van der Waals surface area contributed by atoms with Crippen molar-refractivity contribution in [1.29, 1.82) is 0 Å². The number of hydrogen-bond acceptors (Lipinski definition) is 1. The Bertz CT molecular complexity index is 978. The monoisotopic (exact) mass is 562 g/mol. The van der Waals surface area contributed by atoms with Crippen molar-refractivity contribution >= 4 is 33.1 Å². The number of hydrogen-bond donors (Lipinski definition) is 0. The molecular formula is C27H34Cl2OSiZr-2. The Balaban J connectivity index is 0.000000490. The average Bonchev–Trinajstić information content (AvgIpc) is 3.32. The second kappa shape index (κ2) is 15.9. The van der Waals surface area contributed by atoms with Crippen LogP contribution < -0.4 is 24.8 Å². The van der Waals surface area contributed by atoms with Gasteiger partial charge in [0.25, 0.3) is 0 Å². The summed E-state index contributed by atoms with van der Waals surface area (Å²) < 4.78 is 7.27. The number of aryl methyl sites for hydroxylation is 1. The van der Waals surface area contributed by atoms with E-state index in [1.165, 1.54) is 30.3 Å². The molecule has 4 aromatic carbocycles. The van der Waals surface area contributed by atoms with Crippen molar-refractivity contribution in [3.05, 3.63) is 84.4 Å². The van der Waals surface area contributed by atoms with Crippen LogP contribution in [0.25, 0.3) is 21.5 Å². The van der Waals surface area contributed by atoms with Crippen molar-refractivity contribution in [2.75, 3.05) is 6.61 Å². The number of fused-ring (bicyclic) bond motifs is 3. The molecule has 0 spiro atoms. The molecule has 0 N–H and O–H groups in total. The Morgan fingerprint density at radius 1 is 0.844 bits per heavy atom. The Kier molecular flexibility index (Phi) is 15.5.